The van der Waals surface area contributed by atoms with E-state index in [-0.39, 0.29) is 36.4 Å². The maximum atomic E-state index is 11.7. The lowest BCUT2D eigenvalue weighted by atomic mass is 10.2. The number of aliphatic imine (C=N–C) groups is 1. The molecule has 0 aromatic heterocycles. The zero-order valence-corrected chi connectivity index (χ0v) is 18.6. The van der Waals surface area contributed by atoms with Crippen LogP contribution in [0.15, 0.2) is 23.2 Å². The zero-order valence-electron chi connectivity index (χ0n) is 13.9. The van der Waals surface area contributed by atoms with E-state index in [2.05, 4.69) is 15.6 Å². The van der Waals surface area contributed by atoms with Crippen molar-refractivity contribution < 1.29 is 4.79 Å². The average Bonchev–Trinajstić information content (AvgIpc) is 2.50. The van der Waals surface area contributed by atoms with E-state index in [0.717, 1.165) is 17.9 Å². The molecule has 24 heavy (non-hydrogen) atoms. The molecule has 0 aliphatic heterocycles. The van der Waals surface area contributed by atoms with Gasteiger partial charge in [-0.3, -0.25) is 4.79 Å². The lowest BCUT2D eigenvalue weighted by molar-refractivity contribution is -0.127. The molecule has 0 saturated carbocycles. The predicted molar refractivity (Wildman–Crippen MR) is 116 cm³/mol. The topological polar surface area (TPSA) is 56.7 Å². The van der Waals surface area contributed by atoms with Gasteiger partial charge in [0.25, 0.3) is 0 Å². The number of guanidine groups is 1. The Morgan fingerprint density at radius 1 is 1.29 bits per heavy atom. The van der Waals surface area contributed by atoms with Crippen LogP contribution in [0.1, 0.15) is 5.56 Å². The van der Waals surface area contributed by atoms with Gasteiger partial charge in [-0.05, 0) is 24.0 Å². The lowest BCUT2D eigenvalue weighted by Crippen LogP contribution is -2.43. The lowest BCUT2D eigenvalue weighted by Gasteiger charge is -2.15. The number of thioether (sulfide) groups is 1. The van der Waals surface area contributed by atoms with Crippen LogP contribution in [0.4, 0.5) is 0 Å². The van der Waals surface area contributed by atoms with E-state index in [1.165, 1.54) is 4.90 Å². The van der Waals surface area contributed by atoms with Crippen molar-refractivity contribution in [3.8, 4) is 0 Å². The van der Waals surface area contributed by atoms with E-state index in [1.54, 1.807) is 38.0 Å². The number of hydrogen-bond donors (Lipinski definition) is 2. The summed E-state index contributed by atoms with van der Waals surface area (Å²) in [7, 11) is 3.44. The number of nitrogens with zero attached hydrogens (tertiary/aromatic N) is 2. The second-order valence-electron chi connectivity index (χ2n) is 4.96. The van der Waals surface area contributed by atoms with Gasteiger partial charge >= 0.3 is 0 Å². The first-order valence-electron chi connectivity index (χ1n) is 7.09. The summed E-state index contributed by atoms with van der Waals surface area (Å²) in [5.41, 5.74) is 0.876. The molecule has 1 amide bonds. The fourth-order valence-electron chi connectivity index (χ4n) is 1.58. The molecule has 2 N–H and O–H groups in total. The Morgan fingerprint density at radius 2 is 2.00 bits per heavy atom. The van der Waals surface area contributed by atoms with Crippen LogP contribution in [0.5, 0.6) is 0 Å². The summed E-state index contributed by atoms with van der Waals surface area (Å²) in [6.45, 7) is 1.35. The number of rotatable bonds is 7. The Kier molecular flexibility index (Phi) is 12.7. The van der Waals surface area contributed by atoms with Crippen LogP contribution in [0.3, 0.4) is 0 Å². The second-order valence-corrected chi connectivity index (χ2v) is 6.79. The molecule has 0 atom stereocenters. The molecule has 5 nitrogen and oxygen atoms in total. The molecule has 0 spiro atoms. The molecule has 1 aromatic rings. The highest BCUT2D eigenvalue weighted by molar-refractivity contribution is 14.0. The summed E-state index contributed by atoms with van der Waals surface area (Å²) in [4.78, 5) is 17.7. The van der Waals surface area contributed by atoms with E-state index in [9.17, 15) is 4.79 Å². The second kappa shape index (κ2) is 12.9. The first-order chi connectivity index (χ1) is 10.9. The minimum absolute atomic E-state index is 0. The van der Waals surface area contributed by atoms with Crippen molar-refractivity contribution >= 4 is 70.8 Å². The van der Waals surface area contributed by atoms with Crippen molar-refractivity contribution in [3.63, 3.8) is 0 Å². The third-order valence-electron chi connectivity index (χ3n) is 2.93. The molecule has 0 aliphatic rings. The Hall–Kier alpha value is -0.380. The summed E-state index contributed by atoms with van der Waals surface area (Å²) in [6.07, 6.45) is 2.04. The molecular weight excluding hydrogens is 482 g/mol. The normalized spacial score (nSPS) is 10.8. The Labute approximate surface area is 175 Å². The number of amides is 1. The molecular formula is C15H23Cl2IN4OS. The molecule has 0 heterocycles. The van der Waals surface area contributed by atoms with E-state index in [1.807, 2.05) is 12.3 Å². The van der Waals surface area contributed by atoms with Crippen molar-refractivity contribution in [2.45, 2.75) is 6.54 Å². The maximum Gasteiger partial charge on any atom is 0.241 e. The number of hydrogen-bond acceptors (Lipinski definition) is 3. The van der Waals surface area contributed by atoms with Crippen LogP contribution in [0, 0.1) is 0 Å². The summed E-state index contributed by atoms with van der Waals surface area (Å²) in [5, 5.41) is 7.40. The monoisotopic (exact) mass is 504 g/mol. The molecule has 0 bridgehead atoms. The largest absolute Gasteiger partial charge is 0.356 e. The van der Waals surface area contributed by atoms with Gasteiger partial charge in [-0.1, -0.05) is 29.3 Å². The van der Waals surface area contributed by atoms with Gasteiger partial charge in [0, 0.05) is 36.4 Å². The van der Waals surface area contributed by atoms with Gasteiger partial charge in [0.2, 0.25) is 5.91 Å². The SMILES string of the molecule is CSCCNC(=NCc1ccc(Cl)cc1Cl)NCC(=O)N(C)C.I. The Morgan fingerprint density at radius 3 is 2.58 bits per heavy atom. The zero-order chi connectivity index (χ0) is 17.2. The number of likely N-dealkylation sites (N-methyl/N-ethyl adjacent to an activating group) is 1. The average molecular weight is 505 g/mol. The van der Waals surface area contributed by atoms with Crippen LogP contribution in [-0.4, -0.2) is 56.0 Å². The van der Waals surface area contributed by atoms with Crippen LogP contribution < -0.4 is 10.6 Å². The van der Waals surface area contributed by atoms with Crippen LogP contribution in [0.2, 0.25) is 10.0 Å². The maximum absolute atomic E-state index is 11.7. The van der Waals surface area contributed by atoms with Gasteiger partial charge in [0.05, 0.1) is 13.1 Å². The van der Waals surface area contributed by atoms with E-state index >= 15 is 0 Å². The number of nitrogens with one attached hydrogen (secondary N) is 2. The van der Waals surface area contributed by atoms with E-state index < -0.39 is 0 Å². The molecule has 136 valence electrons. The van der Waals surface area contributed by atoms with Crippen molar-refractivity contribution in [3.05, 3.63) is 33.8 Å². The number of carbonyl (C=O) groups excluding carboxylic acids is 1. The Bertz CT molecular complexity index is 558. The molecule has 0 radical (unpaired) electrons. The Balaban J connectivity index is 0.00000529. The van der Waals surface area contributed by atoms with E-state index in [0.29, 0.717) is 22.5 Å². The van der Waals surface area contributed by atoms with Gasteiger partial charge in [-0.2, -0.15) is 11.8 Å². The van der Waals surface area contributed by atoms with E-state index in [4.69, 9.17) is 23.2 Å². The van der Waals surface area contributed by atoms with Gasteiger partial charge in [-0.15, -0.1) is 24.0 Å². The summed E-state index contributed by atoms with van der Waals surface area (Å²) < 4.78 is 0. The highest BCUT2D eigenvalue weighted by Gasteiger charge is 2.06. The molecule has 0 saturated heterocycles. The fraction of sp³-hybridized carbons (Fsp3) is 0.467. The quantitative estimate of drug-likeness (QED) is 0.259. The summed E-state index contributed by atoms with van der Waals surface area (Å²) >= 11 is 13.8. The summed E-state index contributed by atoms with van der Waals surface area (Å²) in [6, 6.07) is 5.32. The van der Waals surface area contributed by atoms with Crippen molar-refractivity contribution in [2.75, 3.05) is 39.2 Å². The smallest absolute Gasteiger partial charge is 0.241 e. The van der Waals surface area contributed by atoms with Gasteiger partial charge < -0.3 is 15.5 Å². The minimum atomic E-state index is -0.0195. The fourth-order valence-corrected chi connectivity index (χ4v) is 2.35. The molecule has 1 rings (SSSR count). The number of benzene rings is 1. The number of carbonyl (C=O) groups is 1. The summed E-state index contributed by atoms with van der Waals surface area (Å²) in [5.74, 6) is 1.51. The number of halogens is 3. The predicted octanol–water partition coefficient (Wildman–Crippen LogP) is 3.10. The highest BCUT2D eigenvalue weighted by atomic mass is 127. The van der Waals surface area contributed by atoms with Gasteiger partial charge in [-0.25, -0.2) is 4.99 Å². The molecule has 9 heteroatoms. The van der Waals surface area contributed by atoms with Crippen molar-refractivity contribution in [1.82, 2.24) is 15.5 Å². The minimum Gasteiger partial charge on any atom is -0.356 e. The van der Waals surface area contributed by atoms with Gasteiger partial charge in [0.15, 0.2) is 5.96 Å². The first-order valence-corrected chi connectivity index (χ1v) is 9.24. The van der Waals surface area contributed by atoms with Crippen LogP contribution >= 0.6 is 58.9 Å². The van der Waals surface area contributed by atoms with Crippen LogP contribution in [-0.2, 0) is 11.3 Å². The third-order valence-corrected chi connectivity index (χ3v) is 4.13. The first kappa shape index (κ1) is 23.6. The van der Waals surface area contributed by atoms with Gasteiger partial charge in [0.1, 0.15) is 0 Å². The van der Waals surface area contributed by atoms with Crippen LogP contribution in [0.25, 0.3) is 0 Å². The standard InChI is InChI=1S/C15H22Cl2N4OS.HI/c1-21(2)14(22)10-20-15(18-6-7-23-3)19-9-11-4-5-12(16)8-13(11)17;/h4-5,8H,6-7,9-10H2,1-3H3,(H2,18,19,20);1H. The van der Waals surface area contributed by atoms with Crippen molar-refractivity contribution in [1.29, 1.82) is 0 Å². The molecule has 0 unspecified atom stereocenters. The molecule has 1 aromatic carbocycles. The van der Waals surface area contributed by atoms with Crippen molar-refractivity contribution in [2.24, 2.45) is 4.99 Å². The molecule has 0 aliphatic carbocycles. The highest BCUT2D eigenvalue weighted by Crippen LogP contribution is 2.21. The third kappa shape index (κ3) is 9.19. The molecule has 0 fully saturated rings.